The van der Waals surface area contributed by atoms with Gasteiger partial charge in [0.05, 0.1) is 13.7 Å². The van der Waals surface area contributed by atoms with E-state index in [4.69, 9.17) is 22.1 Å². The normalized spacial score (nSPS) is 9.86. The Morgan fingerprint density at radius 1 is 1.19 bits per heavy atom. The first-order valence-electron chi connectivity index (χ1n) is 6.47. The van der Waals surface area contributed by atoms with Crippen molar-refractivity contribution in [2.24, 2.45) is 5.73 Å². The standard InChI is InChI=1S/C17H16ClNOS/c1-20-16-7-4-13(3-2-10-19)14(11-16)12-21-17-8-5-15(18)6-9-17/h4-9,11H,10,12,19H2,1H3. The summed E-state index contributed by atoms with van der Waals surface area (Å²) >= 11 is 7.63. The second-order valence-corrected chi connectivity index (χ2v) is 5.76. The van der Waals surface area contributed by atoms with Crippen LogP contribution in [0.2, 0.25) is 5.02 Å². The summed E-state index contributed by atoms with van der Waals surface area (Å²) in [5.41, 5.74) is 7.57. The van der Waals surface area contributed by atoms with E-state index in [2.05, 4.69) is 11.8 Å². The highest BCUT2D eigenvalue weighted by molar-refractivity contribution is 7.98. The molecule has 0 aromatic heterocycles. The lowest BCUT2D eigenvalue weighted by Gasteiger charge is -2.08. The van der Waals surface area contributed by atoms with Crippen LogP contribution in [0.4, 0.5) is 0 Å². The Bertz CT molecular complexity index is 659. The van der Waals surface area contributed by atoms with Gasteiger partial charge in [-0.15, -0.1) is 11.8 Å². The third kappa shape index (κ3) is 4.71. The van der Waals surface area contributed by atoms with Gasteiger partial charge in [0, 0.05) is 21.2 Å². The summed E-state index contributed by atoms with van der Waals surface area (Å²) in [6.45, 7) is 0.357. The van der Waals surface area contributed by atoms with Crippen molar-refractivity contribution in [3.63, 3.8) is 0 Å². The van der Waals surface area contributed by atoms with Gasteiger partial charge < -0.3 is 10.5 Å². The van der Waals surface area contributed by atoms with Crippen LogP contribution in [0.1, 0.15) is 11.1 Å². The molecular formula is C17H16ClNOS. The molecule has 4 heteroatoms. The van der Waals surface area contributed by atoms with Gasteiger partial charge in [-0.25, -0.2) is 0 Å². The number of methoxy groups -OCH3 is 1. The molecule has 0 aliphatic rings. The van der Waals surface area contributed by atoms with E-state index in [1.54, 1.807) is 18.9 Å². The molecule has 2 nitrogen and oxygen atoms in total. The van der Waals surface area contributed by atoms with Gasteiger partial charge in [-0.2, -0.15) is 0 Å². The van der Waals surface area contributed by atoms with E-state index in [1.165, 1.54) is 4.90 Å². The van der Waals surface area contributed by atoms with E-state index in [-0.39, 0.29) is 0 Å². The molecule has 0 unspecified atom stereocenters. The largest absolute Gasteiger partial charge is 0.497 e. The molecule has 2 aromatic carbocycles. The average molecular weight is 318 g/mol. The molecule has 2 aromatic rings. The Labute approximate surface area is 134 Å². The summed E-state index contributed by atoms with van der Waals surface area (Å²) in [6.07, 6.45) is 0. The first-order valence-corrected chi connectivity index (χ1v) is 7.83. The van der Waals surface area contributed by atoms with Crippen molar-refractivity contribution in [1.82, 2.24) is 0 Å². The molecule has 0 saturated carbocycles. The predicted octanol–water partition coefficient (Wildman–Crippen LogP) is 3.95. The summed E-state index contributed by atoms with van der Waals surface area (Å²) < 4.78 is 5.28. The summed E-state index contributed by atoms with van der Waals surface area (Å²) in [5, 5.41) is 0.746. The molecule has 0 amide bonds. The summed E-state index contributed by atoms with van der Waals surface area (Å²) in [7, 11) is 1.66. The van der Waals surface area contributed by atoms with Gasteiger partial charge in [0.1, 0.15) is 5.75 Å². The maximum atomic E-state index is 5.89. The smallest absolute Gasteiger partial charge is 0.119 e. The summed E-state index contributed by atoms with van der Waals surface area (Å²) in [4.78, 5) is 1.17. The molecule has 2 N–H and O–H groups in total. The van der Waals surface area contributed by atoms with Crippen LogP contribution in [-0.2, 0) is 5.75 Å². The first-order chi connectivity index (χ1) is 10.2. The summed E-state index contributed by atoms with van der Waals surface area (Å²) in [5.74, 6) is 7.65. The fourth-order valence-corrected chi connectivity index (χ4v) is 2.79. The zero-order valence-electron chi connectivity index (χ0n) is 11.7. The number of nitrogens with two attached hydrogens (primary N) is 1. The van der Waals surface area contributed by atoms with Gasteiger partial charge in [-0.05, 0) is 48.0 Å². The number of ether oxygens (including phenoxy) is 1. The average Bonchev–Trinajstić information content (AvgIpc) is 2.52. The predicted molar refractivity (Wildman–Crippen MR) is 89.9 cm³/mol. The zero-order chi connectivity index (χ0) is 15.1. The van der Waals surface area contributed by atoms with Crippen LogP contribution in [0, 0.1) is 11.8 Å². The summed E-state index contributed by atoms with van der Waals surface area (Å²) in [6, 6.07) is 13.7. The van der Waals surface area contributed by atoms with Gasteiger partial charge in [-0.3, -0.25) is 0 Å². The molecule has 0 radical (unpaired) electrons. The molecule has 0 bridgehead atoms. The monoisotopic (exact) mass is 317 g/mol. The highest BCUT2D eigenvalue weighted by atomic mass is 35.5. The molecule has 0 heterocycles. The maximum Gasteiger partial charge on any atom is 0.119 e. The van der Waals surface area contributed by atoms with Crippen LogP contribution in [0.25, 0.3) is 0 Å². The Balaban J connectivity index is 2.18. The maximum absolute atomic E-state index is 5.89. The molecule has 0 aliphatic heterocycles. The fraction of sp³-hybridized carbons (Fsp3) is 0.176. The minimum Gasteiger partial charge on any atom is -0.497 e. The molecule has 0 aliphatic carbocycles. The van der Waals surface area contributed by atoms with Crippen LogP contribution in [0.3, 0.4) is 0 Å². The number of hydrogen-bond acceptors (Lipinski definition) is 3. The molecule has 0 fully saturated rings. The Morgan fingerprint density at radius 3 is 2.62 bits per heavy atom. The number of benzene rings is 2. The van der Waals surface area contributed by atoms with Crippen LogP contribution in [-0.4, -0.2) is 13.7 Å². The SMILES string of the molecule is COc1ccc(C#CCN)c(CSc2ccc(Cl)cc2)c1. The highest BCUT2D eigenvalue weighted by Gasteiger charge is 2.04. The highest BCUT2D eigenvalue weighted by Crippen LogP contribution is 2.27. The third-order valence-corrected chi connectivity index (χ3v) is 4.16. The van der Waals surface area contributed by atoms with Gasteiger partial charge in [0.15, 0.2) is 0 Å². The van der Waals surface area contributed by atoms with Crippen LogP contribution < -0.4 is 10.5 Å². The first kappa shape index (κ1) is 15.8. The van der Waals surface area contributed by atoms with Crippen LogP contribution >= 0.6 is 23.4 Å². The van der Waals surface area contributed by atoms with Gasteiger partial charge in [0.2, 0.25) is 0 Å². The lowest BCUT2D eigenvalue weighted by atomic mass is 10.1. The second kappa shape index (κ2) is 7.99. The quantitative estimate of drug-likeness (QED) is 0.685. The lowest BCUT2D eigenvalue weighted by molar-refractivity contribution is 0.414. The van der Waals surface area contributed by atoms with Crippen molar-refractivity contribution >= 4 is 23.4 Å². The van der Waals surface area contributed by atoms with Gasteiger partial charge >= 0.3 is 0 Å². The van der Waals surface area contributed by atoms with E-state index >= 15 is 0 Å². The molecule has 0 atom stereocenters. The minimum atomic E-state index is 0.357. The van der Waals surface area contributed by atoms with E-state index in [0.29, 0.717) is 6.54 Å². The van der Waals surface area contributed by atoms with E-state index in [1.807, 2.05) is 42.5 Å². The minimum absolute atomic E-state index is 0.357. The van der Waals surface area contributed by atoms with Gasteiger partial charge in [-0.1, -0.05) is 23.4 Å². The molecule has 21 heavy (non-hydrogen) atoms. The Hall–Kier alpha value is -1.60. The van der Waals surface area contributed by atoms with Crippen LogP contribution in [0.5, 0.6) is 5.75 Å². The topological polar surface area (TPSA) is 35.2 Å². The molecular weight excluding hydrogens is 302 g/mol. The van der Waals surface area contributed by atoms with Gasteiger partial charge in [0.25, 0.3) is 0 Å². The van der Waals surface area contributed by atoms with Crippen molar-refractivity contribution in [2.75, 3.05) is 13.7 Å². The van der Waals surface area contributed by atoms with E-state index in [0.717, 1.165) is 27.7 Å². The molecule has 0 saturated heterocycles. The second-order valence-electron chi connectivity index (χ2n) is 4.27. The molecule has 2 rings (SSSR count). The molecule has 0 spiro atoms. The number of thioether (sulfide) groups is 1. The van der Waals surface area contributed by atoms with Crippen molar-refractivity contribution in [2.45, 2.75) is 10.6 Å². The number of halogens is 1. The zero-order valence-corrected chi connectivity index (χ0v) is 13.3. The fourth-order valence-electron chi connectivity index (χ4n) is 1.78. The van der Waals surface area contributed by atoms with Crippen molar-refractivity contribution < 1.29 is 4.74 Å². The molecule has 108 valence electrons. The van der Waals surface area contributed by atoms with Crippen molar-refractivity contribution in [3.05, 3.63) is 58.6 Å². The van der Waals surface area contributed by atoms with Crippen molar-refractivity contribution in [3.8, 4) is 17.6 Å². The van der Waals surface area contributed by atoms with Crippen LogP contribution in [0.15, 0.2) is 47.4 Å². The number of rotatable bonds is 4. The lowest BCUT2D eigenvalue weighted by Crippen LogP contribution is -1.95. The number of hydrogen-bond donors (Lipinski definition) is 1. The Morgan fingerprint density at radius 2 is 1.95 bits per heavy atom. The van der Waals surface area contributed by atoms with Crippen molar-refractivity contribution in [1.29, 1.82) is 0 Å². The van der Waals surface area contributed by atoms with E-state index in [9.17, 15) is 0 Å². The Kier molecular flexibility index (Phi) is 6.01. The third-order valence-electron chi connectivity index (χ3n) is 2.85. The van der Waals surface area contributed by atoms with E-state index < -0.39 is 0 Å².